The second-order valence-electron chi connectivity index (χ2n) is 6.36. The highest BCUT2D eigenvalue weighted by Gasteiger charge is 2.24. The van der Waals surface area contributed by atoms with Crippen LogP contribution in [0.15, 0.2) is 64.6 Å². The molecule has 0 unspecified atom stereocenters. The standard InChI is InChI=1S/C22H14Cl2F2N2O2S/c1-2-30-22(29)13-6-3-7-16(17(13)25)31-20-14-8-9-15(23)18(26)19(14)28(21(20)24)12-5-4-10-27-11-12/h3-11H,2H2,1H3. The van der Waals surface area contributed by atoms with E-state index in [1.54, 1.807) is 37.4 Å². The molecule has 2 aromatic carbocycles. The van der Waals surface area contributed by atoms with Crippen LogP contribution < -0.4 is 0 Å². The highest BCUT2D eigenvalue weighted by Crippen LogP contribution is 2.45. The van der Waals surface area contributed by atoms with E-state index in [4.69, 9.17) is 27.9 Å². The van der Waals surface area contributed by atoms with E-state index >= 15 is 8.78 Å². The molecule has 9 heteroatoms. The van der Waals surface area contributed by atoms with Crippen LogP contribution in [0.25, 0.3) is 16.6 Å². The molecule has 31 heavy (non-hydrogen) atoms. The van der Waals surface area contributed by atoms with E-state index in [0.29, 0.717) is 16.0 Å². The molecule has 158 valence electrons. The summed E-state index contributed by atoms with van der Waals surface area (Å²) in [5, 5.41) is 0.538. The maximum atomic E-state index is 15.1. The Hall–Kier alpha value is -2.61. The van der Waals surface area contributed by atoms with Crippen molar-refractivity contribution >= 4 is 51.8 Å². The fraction of sp³-hybridized carbons (Fsp3) is 0.0909. The SMILES string of the molecule is CCOC(=O)c1cccc(Sc2c(Cl)n(-c3cccnc3)c3c(F)c(Cl)ccc23)c1F. The molecule has 0 fully saturated rings. The van der Waals surface area contributed by atoms with Crippen molar-refractivity contribution in [2.45, 2.75) is 16.7 Å². The van der Waals surface area contributed by atoms with Crippen molar-refractivity contribution in [2.24, 2.45) is 0 Å². The van der Waals surface area contributed by atoms with Gasteiger partial charge in [-0.3, -0.25) is 9.55 Å². The van der Waals surface area contributed by atoms with Gasteiger partial charge < -0.3 is 4.74 Å². The van der Waals surface area contributed by atoms with Crippen LogP contribution in [0, 0.1) is 11.6 Å². The smallest absolute Gasteiger partial charge is 0.341 e. The molecule has 2 aromatic heterocycles. The van der Waals surface area contributed by atoms with Gasteiger partial charge in [-0.05, 0) is 43.3 Å². The van der Waals surface area contributed by atoms with E-state index in [1.807, 2.05) is 0 Å². The van der Waals surface area contributed by atoms with Gasteiger partial charge in [0.2, 0.25) is 0 Å². The summed E-state index contributed by atoms with van der Waals surface area (Å²) < 4.78 is 36.5. The molecule has 0 aliphatic carbocycles. The number of carbonyl (C=O) groups excluding carboxylic acids is 1. The van der Waals surface area contributed by atoms with Crippen LogP contribution in [0.1, 0.15) is 17.3 Å². The number of carbonyl (C=O) groups is 1. The number of rotatable bonds is 5. The first kappa shape index (κ1) is 21.6. The van der Waals surface area contributed by atoms with Gasteiger partial charge in [-0.1, -0.05) is 41.0 Å². The summed E-state index contributed by atoms with van der Waals surface area (Å²) in [5.74, 6) is -2.15. The lowest BCUT2D eigenvalue weighted by Crippen LogP contribution is -2.07. The molecule has 0 atom stereocenters. The summed E-state index contributed by atoms with van der Waals surface area (Å²) in [6.45, 7) is 1.77. The number of ether oxygens (including phenoxy) is 1. The number of esters is 1. The summed E-state index contributed by atoms with van der Waals surface area (Å²) in [6.07, 6.45) is 3.11. The average Bonchev–Trinajstić information content (AvgIpc) is 3.05. The number of fused-ring (bicyclic) bond motifs is 1. The Morgan fingerprint density at radius 1 is 1.13 bits per heavy atom. The van der Waals surface area contributed by atoms with Gasteiger partial charge in [-0.2, -0.15) is 0 Å². The predicted octanol–water partition coefficient (Wildman–Crippen LogP) is 6.94. The Balaban J connectivity index is 1.91. The van der Waals surface area contributed by atoms with Crippen molar-refractivity contribution in [3.63, 3.8) is 0 Å². The highest BCUT2D eigenvalue weighted by molar-refractivity contribution is 7.99. The van der Waals surface area contributed by atoms with Crippen molar-refractivity contribution < 1.29 is 18.3 Å². The minimum Gasteiger partial charge on any atom is -0.462 e. The third-order valence-electron chi connectivity index (χ3n) is 4.50. The zero-order valence-electron chi connectivity index (χ0n) is 16.0. The van der Waals surface area contributed by atoms with E-state index in [0.717, 1.165) is 11.8 Å². The van der Waals surface area contributed by atoms with Crippen molar-refractivity contribution in [3.05, 3.63) is 82.2 Å². The number of halogens is 4. The monoisotopic (exact) mass is 478 g/mol. The Kier molecular flexibility index (Phi) is 6.18. The topological polar surface area (TPSA) is 44.1 Å². The Morgan fingerprint density at radius 2 is 1.94 bits per heavy atom. The predicted molar refractivity (Wildman–Crippen MR) is 118 cm³/mol. The van der Waals surface area contributed by atoms with Gasteiger partial charge in [0.25, 0.3) is 0 Å². The molecule has 0 N–H and O–H groups in total. The first-order chi connectivity index (χ1) is 14.9. The van der Waals surface area contributed by atoms with Gasteiger partial charge in [0.05, 0.1) is 39.5 Å². The van der Waals surface area contributed by atoms with Gasteiger partial charge in [0, 0.05) is 16.5 Å². The molecule has 0 amide bonds. The molecule has 4 nitrogen and oxygen atoms in total. The molecule has 0 radical (unpaired) electrons. The van der Waals surface area contributed by atoms with Crippen molar-refractivity contribution in [3.8, 4) is 5.69 Å². The van der Waals surface area contributed by atoms with E-state index < -0.39 is 17.6 Å². The Labute approximate surface area is 190 Å². The molecule has 2 heterocycles. The van der Waals surface area contributed by atoms with Crippen LogP contribution in [0.5, 0.6) is 0 Å². The number of aromatic nitrogens is 2. The summed E-state index contributed by atoms with van der Waals surface area (Å²) in [6, 6.07) is 10.8. The number of hydrogen-bond acceptors (Lipinski definition) is 4. The zero-order chi connectivity index (χ0) is 22.1. The average molecular weight is 479 g/mol. The fourth-order valence-corrected chi connectivity index (χ4v) is 4.71. The van der Waals surface area contributed by atoms with Crippen LogP contribution in [-0.2, 0) is 4.74 Å². The van der Waals surface area contributed by atoms with Gasteiger partial charge in [0.1, 0.15) is 5.15 Å². The van der Waals surface area contributed by atoms with Gasteiger partial charge in [0.15, 0.2) is 11.6 Å². The van der Waals surface area contributed by atoms with Crippen LogP contribution in [0.2, 0.25) is 10.2 Å². The lowest BCUT2D eigenvalue weighted by Gasteiger charge is -2.08. The molecule has 4 rings (SSSR count). The van der Waals surface area contributed by atoms with E-state index in [1.165, 1.54) is 29.0 Å². The molecule has 0 aliphatic heterocycles. The largest absolute Gasteiger partial charge is 0.462 e. The van der Waals surface area contributed by atoms with Gasteiger partial charge in [-0.15, -0.1) is 0 Å². The fourth-order valence-electron chi connectivity index (χ4n) is 3.14. The van der Waals surface area contributed by atoms with E-state index in [-0.39, 0.29) is 32.8 Å². The number of pyridine rings is 1. The van der Waals surface area contributed by atoms with Crippen LogP contribution in [0.4, 0.5) is 8.78 Å². The Bertz CT molecular complexity index is 1300. The quantitative estimate of drug-likeness (QED) is 0.291. The molecular weight excluding hydrogens is 465 g/mol. The third-order valence-corrected chi connectivity index (χ3v) is 6.41. The number of hydrogen-bond donors (Lipinski definition) is 0. The second kappa shape index (κ2) is 8.86. The van der Waals surface area contributed by atoms with E-state index in [2.05, 4.69) is 4.98 Å². The first-order valence-corrected chi connectivity index (χ1v) is 10.7. The lowest BCUT2D eigenvalue weighted by molar-refractivity contribution is 0.0520. The van der Waals surface area contributed by atoms with Crippen LogP contribution >= 0.6 is 35.0 Å². The van der Waals surface area contributed by atoms with Crippen molar-refractivity contribution in [1.82, 2.24) is 9.55 Å². The summed E-state index contributed by atoms with van der Waals surface area (Å²) in [7, 11) is 0. The van der Waals surface area contributed by atoms with Crippen LogP contribution in [-0.4, -0.2) is 22.1 Å². The number of benzene rings is 2. The molecule has 0 spiro atoms. The molecule has 0 saturated carbocycles. The Morgan fingerprint density at radius 3 is 2.65 bits per heavy atom. The van der Waals surface area contributed by atoms with E-state index in [9.17, 15) is 4.79 Å². The number of nitrogens with zero attached hydrogens (tertiary/aromatic N) is 2. The highest BCUT2D eigenvalue weighted by atomic mass is 35.5. The zero-order valence-corrected chi connectivity index (χ0v) is 18.4. The second-order valence-corrected chi connectivity index (χ2v) is 8.18. The van der Waals surface area contributed by atoms with Gasteiger partial charge >= 0.3 is 5.97 Å². The minimum atomic E-state index is -0.760. The maximum Gasteiger partial charge on any atom is 0.341 e. The van der Waals surface area contributed by atoms with Crippen molar-refractivity contribution in [1.29, 1.82) is 0 Å². The molecule has 0 saturated heterocycles. The minimum absolute atomic E-state index is 0.0705. The molecule has 0 aliphatic rings. The molecule has 0 bridgehead atoms. The summed E-state index contributed by atoms with van der Waals surface area (Å²) in [5.41, 5.74) is 0.481. The molecular formula is C22H14Cl2F2N2O2S. The van der Waals surface area contributed by atoms with Crippen LogP contribution in [0.3, 0.4) is 0 Å². The lowest BCUT2D eigenvalue weighted by atomic mass is 10.2. The molecule has 4 aromatic rings. The summed E-state index contributed by atoms with van der Waals surface area (Å²) >= 11 is 13.7. The maximum absolute atomic E-state index is 15.1. The van der Waals surface area contributed by atoms with Gasteiger partial charge in [-0.25, -0.2) is 13.6 Å². The first-order valence-electron chi connectivity index (χ1n) is 9.15. The normalized spacial score (nSPS) is 11.1. The van der Waals surface area contributed by atoms with Crippen molar-refractivity contribution in [2.75, 3.05) is 6.61 Å². The third kappa shape index (κ3) is 3.89. The summed E-state index contributed by atoms with van der Waals surface area (Å²) in [4.78, 5) is 16.7.